The Bertz CT molecular complexity index is 1200. The van der Waals surface area contributed by atoms with E-state index in [2.05, 4.69) is 15.3 Å². The molecule has 0 aliphatic heterocycles. The molecule has 1 aliphatic carbocycles. The van der Waals surface area contributed by atoms with E-state index in [1.54, 1.807) is 25.5 Å². The number of benzene rings is 1. The molecule has 1 N–H and O–H groups in total. The molecular formula is C24H27F3N4O. The summed E-state index contributed by atoms with van der Waals surface area (Å²) in [5.41, 5.74) is 0.677. The van der Waals surface area contributed by atoms with Gasteiger partial charge in [0.1, 0.15) is 23.1 Å². The topological polar surface area (TPSA) is 59.8 Å². The number of hydrogen-bond donors (Lipinski definition) is 1. The van der Waals surface area contributed by atoms with E-state index in [4.69, 9.17) is 0 Å². The van der Waals surface area contributed by atoms with Gasteiger partial charge in [-0.25, -0.2) is 23.1 Å². The lowest BCUT2D eigenvalue weighted by atomic mass is 9.84. The van der Waals surface area contributed by atoms with Crippen molar-refractivity contribution in [2.45, 2.75) is 64.3 Å². The summed E-state index contributed by atoms with van der Waals surface area (Å²) in [6.45, 7) is 3.41. The van der Waals surface area contributed by atoms with Gasteiger partial charge in [0, 0.05) is 18.2 Å². The van der Waals surface area contributed by atoms with Gasteiger partial charge >= 0.3 is 0 Å². The van der Waals surface area contributed by atoms with Gasteiger partial charge in [-0.05, 0) is 38.7 Å². The van der Waals surface area contributed by atoms with E-state index in [-0.39, 0.29) is 17.0 Å². The van der Waals surface area contributed by atoms with Crippen molar-refractivity contribution in [3.63, 3.8) is 0 Å². The second kappa shape index (κ2) is 8.92. The van der Waals surface area contributed by atoms with Gasteiger partial charge in [-0.15, -0.1) is 0 Å². The van der Waals surface area contributed by atoms with E-state index in [9.17, 15) is 18.0 Å². The lowest BCUT2D eigenvalue weighted by molar-refractivity contribution is 0.146. The minimum absolute atomic E-state index is 0.0582. The molecule has 170 valence electrons. The van der Waals surface area contributed by atoms with Crippen LogP contribution in [0.4, 0.5) is 19.0 Å². The Labute approximate surface area is 184 Å². The summed E-state index contributed by atoms with van der Waals surface area (Å²) in [4.78, 5) is 22.0. The van der Waals surface area contributed by atoms with Gasteiger partial charge in [0.15, 0.2) is 0 Å². The normalized spacial score (nSPS) is 16.0. The largest absolute Gasteiger partial charge is 0.363 e. The van der Waals surface area contributed by atoms with Crippen LogP contribution in [0.5, 0.6) is 0 Å². The number of fused-ring (bicyclic) bond motifs is 1. The molecule has 0 saturated heterocycles. The van der Waals surface area contributed by atoms with Crippen LogP contribution < -0.4 is 10.9 Å². The average molecular weight is 445 g/mol. The standard InChI is InChI=1S/C24H27F3N4O/c1-13(16-10-7-11-17(20(16)25)21(26)27)28-22-19-12-18(15-8-5-4-6-9-15)24(32)31(3)23(19)30-14(2)29-22/h7,10-13,15,21H,4-6,8-9H2,1-3H3,(H,28,29,30)/t13-/m1/s1. The van der Waals surface area contributed by atoms with Crippen molar-refractivity contribution in [1.82, 2.24) is 14.5 Å². The van der Waals surface area contributed by atoms with Crippen LogP contribution in [-0.4, -0.2) is 14.5 Å². The van der Waals surface area contributed by atoms with Gasteiger partial charge in [0.25, 0.3) is 12.0 Å². The Morgan fingerprint density at radius 2 is 1.81 bits per heavy atom. The summed E-state index contributed by atoms with van der Waals surface area (Å²) in [6.07, 6.45) is 2.42. The lowest BCUT2D eigenvalue weighted by Gasteiger charge is -2.23. The zero-order valence-electron chi connectivity index (χ0n) is 18.5. The number of nitrogens with one attached hydrogen (secondary N) is 1. The molecule has 8 heteroatoms. The van der Waals surface area contributed by atoms with Gasteiger partial charge in [-0.3, -0.25) is 9.36 Å². The Balaban J connectivity index is 1.79. The molecule has 1 aliphatic rings. The molecule has 0 unspecified atom stereocenters. The summed E-state index contributed by atoms with van der Waals surface area (Å²) in [7, 11) is 1.70. The van der Waals surface area contributed by atoms with Crippen molar-refractivity contribution in [3.05, 3.63) is 63.0 Å². The van der Waals surface area contributed by atoms with Crippen molar-refractivity contribution < 1.29 is 13.2 Å². The Morgan fingerprint density at radius 1 is 1.12 bits per heavy atom. The van der Waals surface area contributed by atoms with Crippen LogP contribution in [0.3, 0.4) is 0 Å². The monoisotopic (exact) mass is 444 g/mol. The van der Waals surface area contributed by atoms with Crippen molar-refractivity contribution in [2.24, 2.45) is 7.05 Å². The number of hydrogen-bond acceptors (Lipinski definition) is 4. The molecule has 4 rings (SSSR count). The maximum Gasteiger partial charge on any atom is 0.266 e. The highest BCUT2D eigenvalue weighted by Gasteiger charge is 2.24. The maximum absolute atomic E-state index is 14.7. The summed E-state index contributed by atoms with van der Waals surface area (Å²) < 4.78 is 42.5. The van der Waals surface area contributed by atoms with Crippen LogP contribution in [0.1, 0.15) is 79.9 Å². The predicted octanol–water partition coefficient (Wildman–Crippen LogP) is 5.93. The van der Waals surface area contributed by atoms with Crippen molar-refractivity contribution >= 4 is 16.9 Å². The third kappa shape index (κ3) is 4.10. The first-order chi connectivity index (χ1) is 15.3. The van der Waals surface area contributed by atoms with Crippen LogP contribution in [-0.2, 0) is 7.05 Å². The second-order valence-corrected chi connectivity index (χ2v) is 8.57. The minimum Gasteiger partial charge on any atom is -0.363 e. The number of halogens is 3. The molecule has 2 aromatic heterocycles. The number of aryl methyl sites for hydroxylation is 2. The van der Waals surface area contributed by atoms with Crippen molar-refractivity contribution in [1.29, 1.82) is 0 Å². The van der Waals surface area contributed by atoms with Crippen LogP contribution in [0, 0.1) is 12.7 Å². The number of alkyl halides is 2. The number of rotatable bonds is 5. The molecular weight excluding hydrogens is 417 g/mol. The molecule has 0 amide bonds. The third-order valence-corrected chi connectivity index (χ3v) is 6.36. The summed E-state index contributed by atoms with van der Waals surface area (Å²) in [5, 5.41) is 3.84. The zero-order valence-corrected chi connectivity index (χ0v) is 18.5. The fourth-order valence-corrected chi connectivity index (χ4v) is 4.63. The molecule has 0 radical (unpaired) electrons. The predicted molar refractivity (Wildman–Crippen MR) is 119 cm³/mol. The summed E-state index contributed by atoms with van der Waals surface area (Å²) in [6, 6.07) is 5.23. The van der Waals surface area contributed by atoms with Gasteiger partial charge in [0.2, 0.25) is 0 Å². The summed E-state index contributed by atoms with van der Waals surface area (Å²) >= 11 is 0. The Kier molecular flexibility index (Phi) is 6.22. The molecule has 1 atom stereocenters. The highest BCUT2D eigenvalue weighted by molar-refractivity contribution is 5.87. The van der Waals surface area contributed by atoms with Crippen LogP contribution >= 0.6 is 0 Å². The molecule has 0 spiro atoms. The van der Waals surface area contributed by atoms with E-state index in [1.807, 2.05) is 6.07 Å². The fourth-order valence-electron chi connectivity index (χ4n) is 4.63. The average Bonchev–Trinajstić information content (AvgIpc) is 2.77. The molecule has 1 fully saturated rings. The van der Waals surface area contributed by atoms with Gasteiger partial charge in [-0.1, -0.05) is 37.5 Å². The molecule has 1 aromatic carbocycles. The molecule has 1 saturated carbocycles. The van der Waals surface area contributed by atoms with Crippen molar-refractivity contribution in [3.8, 4) is 0 Å². The van der Waals surface area contributed by atoms with Gasteiger partial charge < -0.3 is 5.32 Å². The second-order valence-electron chi connectivity index (χ2n) is 8.57. The van der Waals surface area contributed by atoms with Crippen LogP contribution in [0.25, 0.3) is 11.0 Å². The maximum atomic E-state index is 14.7. The first-order valence-corrected chi connectivity index (χ1v) is 11.0. The molecule has 0 bridgehead atoms. The first kappa shape index (κ1) is 22.3. The molecule has 32 heavy (non-hydrogen) atoms. The van der Waals surface area contributed by atoms with Crippen LogP contribution in [0.15, 0.2) is 29.1 Å². The van der Waals surface area contributed by atoms with E-state index >= 15 is 0 Å². The van der Waals surface area contributed by atoms with Gasteiger partial charge in [-0.2, -0.15) is 0 Å². The third-order valence-electron chi connectivity index (χ3n) is 6.36. The quantitative estimate of drug-likeness (QED) is 0.530. The lowest BCUT2D eigenvalue weighted by Crippen LogP contribution is -2.26. The number of pyridine rings is 1. The zero-order chi connectivity index (χ0) is 23.0. The van der Waals surface area contributed by atoms with Gasteiger partial charge in [0.05, 0.1) is 17.0 Å². The van der Waals surface area contributed by atoms with Crippen LogP contribution in [0.2, 0.25) is 0 Å². The highest BCUT2D eigenvalue weighted by Crippen LogP contribution is 2.34. The number of anilines is 1. The molecule has 3 aromatic rings. The number of aromatic nitrogens is 3. The highest BCUT2D eigenvalue weighted by atomic mass is 19.3. The Morgan fingerprint density at radius 3 is 2.50 bits per heavy atom. The SMILES string of the molecule is Cc1nc(N[C@H](C)c2cccc(C(F)F)c2F)c2cc(C3CCCCC3)c(=O)n(C)c2n1. The van der Waals surface area contributed by atoms with Crippen molar-refractivity contribution in [2.75, 3.05) is 5.32 Å². The van der Waals surface area contributed by atoms with E-state index in [1.165, 1.54) is 18.6 Å². The smallest absolute Gasteiger partial charge is 0.266 e. The van der Waals surface area contributed by atoms with E-state index < -0.39 is 23.8 Å². The Hall–Kier alpha value is -2.90. The minimum atomic E-state index is -2.89. The summed E-state index contributed by atoms with van der Waals surface area (Å²) in [5.74, 6) is 0.176. The van der Waals surface area contributed by atoms with E-state index in [0.717, 1.165) is 37.3 Å². The molecule has 5 nitrogen and oxygen atoms in total. The molecule has 2 heterocycles. The first-order valence-electron chi connectivity index (χ1n) is 11.0. The number of nitrogens with zero attached hydrogens (tertiary/aromatic N) is 3. The van der Waals surface area contributed by atoms with E-state index in [0.29, 0.717) is 22.7 Å². The fraction of sp³-hybridized carbons (Fsp3) is 0.458.